The number of nitrogens with one attached hydrogen (secondary N) is 1. The van der Waals surface area contributed by atoms with Crippen LogP contribution >= 0.6 is 0 Å². The highest BCUT2D eigenvalue weighted by molar-refractivity contribution is 5.85. The average Bonchev–Trinajstić information content (AvgIpc) is 3.32. The van der Waals surface area contributed by atoms with Gasteiger partial charge in [-0.3, -0.25) is 14.9 Å². The van der Waals surface area contributed by atoms with E-state index < -0.39 is 35.2 Å². The molecule has 1 aromatic carbocycles. The van der Waals surface area contributed by atoms with Crippen molar-refractivity contribution in [3.05, 3.63) is 40.2 Å². The van der Waals surface area contributed by atoms with Gasteiger partial charge in [0, 0.05) is 61.1 Å². The minimum absolute atomic E-state index is 0.00282. The Kier molecular flexibility index (Phi) is 8.44. The Morgan fingerprint density at radius 1 is 1.13 bits per heavy atom. The summed E-state index contributed by atoms with van der Waals surface area (Å²) in [5.74, 6) is 0.610. The first-order chi connectivity index (χ1) is 24.5. The largest absolute Gasteiger partial charge is 0.463 e. The lowest BCUT2D eigenvalue weighted by molar-refractivity contribution is -0.140. The Morgan fingerprint density at radius 3 is 2.60 bits per heavy atom. The van der Waals surface area contributed by atoms with Crippen LogP contribution in [0, 0.1) is 12.3 Å². The van der Waals surface area contributed by atoms with E-state index in [9.17, 15) is 22.4 Å². The van der Waals surface area contributed by atoms with Crippen molar-refractivity contribution in [1.29, 1.82) is 0 Å². The number of benzene rings is 1. The van der Waals surface area contributed by atoms with Crippen LogP contribution in [0.25, 0.3) is 10.9 Å². The highest BCUT2D eigenvalue weighted by Crippen LogP contribution is 2.49. The number of aryl methyl sites for hydroxylation is 1. The van der Waals surface area contributed by atoms with Gasteiger partial charge >= 0.3 is 18.3 Å². The third kappa shape index (κ3) is 6.56. The number of aromatic amines is 1. The normalized spacial score (nSPS) is 27.3. The Morgan fingerprint density at radius 2 is 1.92 bits per heavy atom. The topological polar surface area (TPSA) is 109 Å². The lowest BCUT2D eigenvalue weighted by atomic mass is 9.90. The second kappa shape index (κ2) is 12.4. The number of fused-ring (bicyclic) bond motifs is 4. The first-order valence-electron chi connectivity index (χ1n) is 18.3. The molecule has 282 valence electrons. The molecule has 11 nitrogen and oxygen atoms in total. The Balaban J connectivity index is 1.13. The first kappa shape index (κ1) is 35.3. The number of amides is 1. The second-order valence-corrected chi connectivity index (χ2v) is 16.9. The highest BCUT2D eigenvalue weighted by Gasteiger charge is 2.53. The number of alkyl halides is 4. The molecule has 52 heavy (non-hydrogen) atoms. The second-order valence-electron chi connectivity index (χ2n) is 16.9. The van der Waals surface area contributed by atoms with Crippen molar-refractivity contribution < 1.29 is 36.6 Å². The summed E-state index contributed by atoms with van der Waals surface area (Å²) in [6, 6.07) is 1.50. The highest BCUT2D eigenvalue weighted by atomic mass is 19.4. The maximum Gasteiger partial charge on any atom is 0.417 e. The van der Waals surface area contributed by atoms with Crippen molar-refractivity contribution in [3.8, 4) is 6.01 Å². The number of rotatable bonds is 7. The maximum absolute atomic E-state index is 14.6. The molecule has 1 saturated carbocycles. The van der Waals surface area contributed by atoms with Crippen molar-refractivity contribution in [2.75, 3.05) is 44.2 Å². The Bertz CT molecular complexity index is 1870. The van der Waals surface area contributed by atoms with Crippen LogP contribution in [0.15, 0.2) is 12.3 Å². The van der Waals surface area contributed by atoms with E-state index in [0.29, 0.717) is 60.6 Å². The lowest BCUT2D eigenvalue weighted by Crippen LogP contribution is -2.63. The van der Waals surface area contributed by atoms with Crippen LogP contribution in [0.1, 0.15) is 93.9 Å². The fraction of sp³-hybridized carbons (Fsp3) is 0.676. The number of hydrogen-bond acceptors (Lipinski definition) is 9. The standard InChI is InChI=1S/C37H47F4N7O4/c1-21-12-27-24(14-42-45-27)29(30(21)37(39,40)41)28-13-26-25(17-50-28)31(44-32(43-26)51-20-36(9-10-36)19-46-11-7-22(38)15-46)47-16-23-6-8-35(5,18-47)48(23)33(49)52-34(2,3)4/h12,14,22-23,28H,6-11,13,15-20H2,1-5H3,(H,42,45)/t22-,23-,28?,35+/m1/s1. The number of piperazine rings is 1. The number of carbonyl (C=O) groups excluding carboxylic acids is 1. The van der Waals surface area contributed by atoms with E-state index in [1.54, 1.807) is 0 Å². The van der Waals surface area contributed by atoms with E-state index in [-0.39, 0.29) is 47.7 Å². The summed E-state index contributed by atoms with van der Waals surface area (Å²) in [5, 5.41) is 7.23. The van der Waals surface area contributed by atoms with Crippen LogP contribution in [0.4, 0.5) is 28.2 Å². The molecular weight excluding hydrogens is 682 g/mol. The van der Waals surface area contributed by atoms with Gasteiger partial charge in [0.25, 0.3) is 0 Å². The maximum atomic E-state index is 14.6. The minimum Gasteiger partial charge on any atom is -0.463 e. The number of likely N-dealkylation sites (tertiary alicyclic amines) is 1. The van der Waals surface area contributed by atoms with Crippen LogP contribution in [-0.2, 0) is 28.7 Å². The summed E-state index contributed by atoms with van der Waals surface area (Å²) in [6.45, 7) is 12.3. The van der Waals surface area contributed by atoms with Crippen molar-refractivity contribution in [2.24, 2.45) is 5.41 Å². The van der Waals surface area contributed by atoms with E-state index in [2.05, 4.69) is 26.9 Å². The van der Waals surface area contributed by atoms with Gasteiger partial charge in [-0.05, 0) is 78.4 Å². The Hall–Kier alpha value is -3.72. The Labute approximate surface area is 300 Å². The van der Waals surface area contributed by atoms with Gasteiger partial charge in [0.05, 0.1) is 53.9 Å². The molecule has 4 aliphatic heterocycles. The molecule has 4 fully saturated rings. The molecule has 1 aliphatic carbocycles. The predicted molar refractivity (Wildman–Crippen MR) is 184 cm³/mol. The number of hydrogen-bond donors (Lipinski definition) is 1. The summed E-state index contributed by atoms with van der Waals surface area (Å²) < 4.78 is 76.4. The van der Waals surface area contributed by atoms with Gasteiger partial charge < -0.3 is 19.1 Å². The van der Waals surface area contributed by atoms with E-state index >= 15 is 0 Å². The summed E-state index contributed by atoms with van der Waals surface area (Å²) in [5.41, 5.74) is -0.112. The SMILES string of the molecule is Cc1cc2[nH]ncc2c(C2Cc3nc(OCC4(CN5CC[C@@H](F)C5)CC4)nc(N4C[C@H]5CC[C@@](C)(C4)N5C(=O)OC(C)(C)C)c3CO2)c1C(F)(F)F. The van der Waals surface area contributed by atoms with Gasteiger partial charge in [0.2, 0.25) is 0 Å². The van der Waals surface area contributed by atoms with E-state index in [0.717, 1.165) is 38.8 Å². The molecule has 0 spiro atoms. The van der Waals surface area contributed by atoms with Gasteiger partial charge in [-0.1, -0.05) is 0 Å². The molecular formula is C37H47F4N7O4. The van der Waals surface area contributed by atoms with Crippen LogP contribution in [0.3, 0.4) is 0 Å². The van der Waals surface area contributed by atoms with E-state index in [4.69, 9.17) is 24.2 Å². The predicted octanol–water partition coefficient (Wildman–Crippen LogP) is 6.68. The number of anilines is 1. The summed E-state index contributed by atoms with van der Waals surface area (Å²) >= 11 is 0. The van der Waals surface area contributed by atoms with Gasteiger partial charge in [0.1, 0.15) is 17.6 Å². The fourth-order valence-corrected chi connectivity index (χ4v) is 8.92. The number of H-pyrrole nitrogens is 1. The van der Waals surface area contributed by atoms with Gasteiger partial charge in [-0.2, -0.15) is 28.2 Å². The molecule has 0 radical (unpaired) electrons. The molecule has 3 saturated heterocycles. The smallest absolute Gasteiger partial charge is 0.417 e. The molecule has 4 atom stereocenters. The molecule has 2 aromatic heterocycles. The molecule has 2 bridgehead atoms. The third-order valence-electron chi connectivity index (χ3n) is 11.5. The zero-order valence-electron chi connectivity index (χ0n) is 30.4. The van der Waals surface area contributed by atoms with Crippen molar-refractivity contribution in [1.82, 2.24) is 30.0 Å². The molecule has 15 heteroatoms. The third-order valence-corrected chi connectivity index (χ3v) is 11.5. The number of ether oxygens (including phenoxy) is 3. The molecule has 3 aromatic rings. The van der Waals surface area contributed by atoms with Crippen molar-refractivity contribution in [2.45, 2.75) is 115 Å². The lowest BCUT2D eigenvalue weighted by Gasteiger charge is -2.48. The van der Waals surface area contributed by atoms with E-state index in [1.165, 1.54) is 19.2 Å². The fourth-order valence-electron chi connectivity index (χ4n) is 8.92. The molecule has 1 unspecified atom stereocenters. The van der Waals surface area contributed by atoms with Crippen molar-refractivity contribution in [3.63, 3.8) is 0 Å². The number of nitrogens with zero attached hydrogens (tertiary/aromatic N) is 6. The van der Waals surface area contributed by atoms with Crippen LogP contribution in [-0.4, -0.2) is 98.7 Å². The van der Waals surface area contributed by atoms with Gasteiger partial charge in [-0.15, -0.1) is 0 Å². The van der Waals surface area contributed by atoms with E-state index in [1.807, 2.05) is 25.7 Å². The molecule has 8 rings (SSSR count). The van der Waals surface area contributed by atoms with Gasteiger partial charge in [0.15, 0.2) is 0 Å². The van der Waals surface area contributed by atoms with Crippen LogP contribution in [0.2, 0.25) is 0 Å². The van der Waals surface area contributed by atoms with Crippen LogP contribution in [0.5, 0.6) is 6.01 Å². The quantitative estimate of drug-likeness (QED) is 0.267. The molecule has 1 amide bonds. The molecule has 5 aliphatic rings. The zero-order valence-corrected chi connectivity index (χ0v) is 30.4. The number of halogens is 4. The van der Waals surface area contributed by atoms with Gasteiger partial charge in [-0.25, -0.2) is 9.18 Å². The molecule has 6 heterocycles. The van der Waals surface area contributed by atoms with Crippen molar-refractivity contribution >= 4 is 22.8 Å². The summed E-state index contributed by atoms with van der Waals surface area (Å²) in [7, 11) is 0. The minimum atomic E-state index is -4.61. The summed E-state index contributed by atoms with van der Waals surface area (Å²) in [4.78, 5) is 29.4. The average molecular weight is 730 g/mol. The number of carbonyl (C=O) groups is 1. The first-order valence-corrected chi connectivity index (χ1v) is 18.3. The monoisotopic (exact) mass is 729 g/mol. The number of aromatic nitrogens is 4. The molecule has 1 N–H and O–H groups in total. The van der Waals surface area contributed by atoms with Crippen LogP contribution < -0.4 is 9.64 Å². The zero-order chi connectivity index (χ0) is 36.8. The summed E-state index contributed by atoms with van der Waals surface area (Å²) in [6.07, 6.45) is -1.18.